The number of aromatic nitrogens is 2. The van der Waals surface area contributed by atoms with Crippen molar-refractivity contribution in [3.05, 3.63) is 11.7 Å². The molecule has 1 unspecified atom stereocenters. The second kappa shape index (κ2) is 4.50. The lowest BCUT2D eigenvalue weighted by Crippen LogP contribution is -2.32. The summed E-state index contributed by atoms with van der Waals surface area (Å²) < 4.78 is 4.84. The van der Waals surface area contributed by atoms with Crippen LogP contribution >= 0.6 is 0 Å². The van der Waals surface area contributed by atoms with Gasteiger partial charge >= 0.3 is 0 Å². The number of carbonyl (C=O) groups excluding carboxylic acids is 1. The molecule has 1 fully saturated rings. The first-order valence-corrected chi connectivity index (χ1v) is 5.11. The zero-order chi connectivity index (χ0) is 12.4. The van der Waals surface area contributed by atoms with Gasteiger partial charge in [0.1, 0.15) is 0 Å². The Bertz CT molecular complexity index is 455. The van der Waals surface area contributed by atoms with Crippen molar-refractivity contribution in [2.75, 3.05) is 7.05 Å². The monoisotopic (exact) mass is 239 g/mol. The number of rotatable bonds is 3. The van der Waals surface area contributed by atoms with Crippen molar-refractivity contribution in [1.29, 1.82) is 0 Å². The smallest absolute Gasteiger partial charge is 0.287 e. The van der Waals surface area contributed by atoms with Crippen LogP contribution < -0.4 is 5.43 Å². The molecule has 92 valence electrons. The zero-order valence-electron chi connectivity index (χ0n) is 9.80. The van der Waals surface area contributed by atoms with E-state index in [1.165, 1.54) is 5.01 Å². The maximum atomic E-state index is 11.6. The third-order valence-electron chi connectivity index (χ3n) is 2.24. The summed E-state index contributed by atoms with van der Waals surface area (Å²) >= 11 is 0. The van der Waals surface area contributed by atoms with Gasteiger partial charge in [0.05, 0.1) is 6.04 Å². The number of nitrogens with one attached hydrogen (secondary N) is 1. The van der Waals surface area contributed by atoms with Crippen LogP contribution in [0.4, 0.5) is 0 Å². The molecule has 2 rings (SSSR count). The minimum atomic E-state index is -0.209. The normalized spacial score (nSPS) is 22.5. The van der Waals surface area contributed by atoms with Crippen molar-refractivity contribution < 1.29 is 14.2 Å². The van der Waals surface area contributed by atoms with Gasteiger partial charge in [-0.05, 0) is 13.8 Å². The lowest BCUT2D eigenvalue weighted by atomic mass is 10.2. The Morgan fingerprint density at radius 1 is 1.65 bits per heavy atom. The number of aryl methyl sites for hydroxylation is 1. The van der Waals surface area contributed by atoms with E-state index in [-0.39, 0.29) is 18.6 Å². The molecule has 0 saturated carbocycles. The summed E-state index contributed by atoms with van der Waals surface area (Å²) in [6.07, 6.45) is 0. The van der Waals surface area contributed by atoms with Crippen molar-refractivity contribution in [2.24, 2.45) is 5.16 Å². The molecule has 0 spiro atoms. The van der Waals surface area contributed by atoms with E-state index in [4.69, 9.17) is 9.36 Å². The molecule has 8 nitrogen and oxygen atoms in total. The number of oxime groups is 1. The molecule has 1 amide bonds. The number of carbonyl (C=O) groups is 1. The highest BCUT2D eigenvalue weighted by atomic mass is 16.6. The fourth-order valence-electron chi connectivity index (χ4n) is 1.44. The van der Waals surface area contributed by atoms with Gasteiger partial charge in [-0.1, -0.05) is 10.3 Å². The van der Waals surface area contributed by atoms with Gasteiger partial charge in [0, 0.05) is 7.05 Å². The fourth-order valence-corrected chi connectivity index (χ4v) is 1.44. The Morgan fingerprint density at radius 2 is 2.41 bits per heavy atom. The van der Waals surface area contributed by atoms with Crippen molar-refractivity contribution in [1.82, 2.24) is 20.6 Å². The lowest BCUT2D eigenvalue weighted by Gasteiger charge is -2.06. The molecule has 17 heavy (non-hydrogen) atoms. The van der Waals surface area contributed by atoms with E-state index >= 15 is 0 Å². The summed E-state index contributed by atoms with van der Waals surface area (Å²) in [6, 6.07) is -0.170. The molecule has 0 aliphatic carbocycles. The molecule has 2 heterocycles. The van der Waals surface area contributed by atoms with Crippen molar-refractivity contribution >= 4 is 11.6 Å². The quantitative estimate of drug-likeness (QED) is 0.722. The molecule has 1 aromatic heterocycles. The third kappa shape index (κ3) is 2.41. The average molecular weight is 239 g/mol. The number of hydrazine groups is 1. The molecular formula is C9H13N5O3. The summed E-state index contributed by atoms with van der Waals surface area (Å²) in [5.41, 5.74) is 3.21. The number of nitrogens with zero attached hydrogens (tertiary/aromatic N) is 4. The molecule has 0 aromatic carbocycles. The zero-order valence-corrected chi connectivity index (χ0v) is 9.80. The Morgan fingerprint density at radius 3 is 2.94 bits per heavy atom. The molecule has 0 bridgehead atoms. The van der Waals surface area contributed by atoms with E-state index in [0.29, 0.717) is 17.4 Å². The van der Waals surface area contributed by atoms with Crippen LogP contribution in [0, 0.1) is 6.92 Å². The van der Waals surface area contributed by atoms with Gasteiger partial charge in [0.25, 0.3) is 11.8 Å². The predicted molar refractivity (Wildman–Crippen MR) is 56.6 cm³/mol. The summed E-state index contributed by atoms with van der Waals surface area (Å²) in [6.45, 7) is 3.58. The predicted octanol–water partition coefficient (Wildman–Crippen LogP) is -0.384. The van der Waals surface area contributed by atoms with Gasteiger partial charge in [-0.15, -0.1) is 0 Å². The molecule has 8 heteroatoms. The Balaban J connectivity index is 1.95. The first kappa shape index (κ1) is 11.5. The topological polar surface area (TPSA) is 92.8 Å². The minimum absolute atomic E-state index is 0.0497. The molecule has 1 aliphatic rings. The molecule has 1 atom stereocenters. The number of hydrogen-bond donors (Lipinski definition) is 1. The van der Waals surface area contributed by atoms with Gasteiger partial charge in [-0.2, -0.15) is 4.98 Å². The van der Waals surface area contributed by atoms with E-state index in [1.54, 1.807) is 14.0 Å². The highest BCUT2D eigenvalue weighted by Gasteiger charge is 2.31. The van der Waals surface area contributed by atoms with Crippen molar-refractivity contribution in [3.63, 3.8) is 0 Å². The van der Waals surface area contributed by atoms with E-state index < -0.39 is 0 Å². The average Bonchev–Trinajstić information content (AvgIpc) is 2.78. The summed E-state index contributed by atoms with van der Waals surface area (Å²) in [4.78, 5) is 20.5. The molecule has 1 aliphatic heterocycles. The van der Waals surface area contributed by atoms with Crippen LogP contribution in [-0.2, 0) is 16.2 Å². The van der Waals surface area contributed by atoms with E-state index in [2.05, 4.69) is 20.7 Å². The minimum Gasteiger partial charge on any atom is -0.385 e. The van der Waals surface area contributed by atoms with Crippen molar-refractivity contribution in [2.45, 2.75) is 26.5 Å². The number of hydrogen-bond acceptors (Lipinski definition) is 7. The molecule has 0 radical (unpaired) electrons. The van der Waals surface area contributed by atoms with Gasteiger partial charge in [-0.25, -0.2) is 5.43 Å². The largest absolute Gasteiger partial charge is 0.385 e. The van der Waals surface area contributed by atoms with Gasteiger partial charge in [-0.3, -0.25) is 9.80 Å². The molecule has 1 N–H and O–H groups in total. The Labute approximate surface area is 97.6 Å². The van der Waals surface area contributed by atoms with Crippen molar-refractivity contribution in [3.8, 4) is 0 Å². The van der Waals surface area contributed by atoms with Crippen LogP contribution in [0.5, 0.6) is 0 Å². The maximum absolute atomic E-state index is 11.6. The van der Waals surface area contributed by atoms with Gasteiger partial charge < -0.3 is 9.36 Å². The van der Waals surface area contributed by atoms with E-state index in [9.17, 15) is 4.79 Å². The highest BCUT2D eigenvalue weighted by molar-refractivity contribution is 6.41. The fraction of sp³-hybridized carbons (Fsp3) is 0.556. The SMILES string of the molecule is Cc1noc(CON=C2C(=O)N(C)NC2C)n1. The first-order chi connectivity index (χ1) is 8.08. The third-order valence-corrected chi connectivity index (χ3v) is 2.24. The van der Waals surface area contributed by atoms with E-state index in [1.807, 2.05) is 6.92 Å². The molecule has 1 aromatic rings. The maximum Gasteiger partial charge on any atom is 0.287 e. The molecular weight excluding hydrogens is 226 g/mol. The van der Waals surface area contributed by atoms with Crippen LogP contribution in [0.2, 0.25) is 0 Å². The Hall–Kier alpha value is -1.96. The van der Waals surface area contributed by atoms with Gasteiger partial charge in [0.2, 0.25) is 0 Å². The Kier molecular flexibility index (Phi) is 3.05. The summed E-state index contributed by atoms with van der Waals surface area (Å²) in [5.74, 6) is 0.647. The summed E-state index contributed by atoms with van der Waals surface area (Å²) in [5, 5.41) is 8.75. The summed E-state index contributed by atoms with van der Waals surface area (Å²) in [7, 11) is 1.63. The number of amides is 1. The van der Waals surface area contributed by atoms with Crippen LogP contribution in [0.3, 0.4) is 0 Å². The standard InChI is InChI=1S/C9H13N5O3/c1-5-8(9(15)14(3)11-5)13-16-4-7-10-6(2)12-17-7/h5,11H,4H2,1-3H3. The van der Waals surface area contributed by atoms with Crippen LogP contribution in [-0.4, -0.2) is 39.9 Å². The van der Waals surface area contributed by atoms with E-state index in [0.717, 1.165) is 0 Å². The lowest BCUT2D eigenvalue weighted by molar-refractivity contribution is -0.123. The second-order valence-corrected chi connectivity index (χ2v) is 3.70. The van der Waals surface area contributed by atoms with Crippen LogP contribution in [0.1, 0.15) is 18.6 Å². The van der Waals surface area contributed by atoms with Crippen LogP contribution in [0.25, 0.3) is 0 Å². The highest BCUT2D eigenvalue weighted by Crippen LogP contribution is 2.05. The first-order valence-electron chi connectivity index (χ1n) is 5.11. The van der Waals surface area contributed by atoms with Crippen LogP contribution in [0.15, 0.2) is 9.68 Å². The van der Waals surface area contributed by atoms with Gasteiger partial charge in [0.15, 0.2) is 18.1 Å². The molecule has 1 saturated heterocycles. The second-order valence-electron chi connectivity index (χ2n) is 3.70.